The summed E-state index contributed by atoms with van der Waals surface area (Å²) >= 11 is 1.28. The Morgan fingerprint density at radius 2 is 2.14 bits per heavy atom. The average molecular weight is 345 g/mol. The van der Waals surface area contributed by atoms with E-state index in [4.69, 9.17) is 0 Å². The fourth-order valence-corrected chi connectivity index (χ4v) is 5.47. The second-order valence-electron chi connectivity index (χ2n) is 6.04. The normalized spacial score (nSPS) is 22.5. The molecule has 7 heteroatoms. The largest absolute Gasteiger partial charge is 0.356 e. The van der Waals surface area contributed by atoms with Gasteiger partial charge in [0.25, 0.3) is 0 Å². The first-order valence-corrected chi connectivity index (χ1v) is 10.0. The molecule has 0 aliphatic heterocycles. The summed E-state index contributed by atoms with van der Waals surface area (Å²) in [6.07, 6.45) is 4.76. The zero-order chi connectivity index (χ0) is 16.2. The second kappa shape index (κ2) is 7.57. The van der Waals surface area contributed by atoms with Crippen molar-refractivity contribution in [2.45, 2.75) is 56.2 Å². The number of carbonyl (C=O) groups excluding carboxylic acids is 1. The molecule has 1 amide bonds. The zero-order valence-electron chi connectivity index (χ0n) is 13.1. The van der Waals surface area contributed by atoms with Gasteiger partial charge in [-0.15, -0.1) is 11.3 Å². The van der Waals surface area contributed by atoms with E-state index in [2.05, 4.69) is 17.0 Å². The zero-order valence-corrected chi connectivity index (χ0v) is 14.7. The molecule has 5 nitrogen and oxygen atoms in total. The second-order valence-corrected chi connectivity index (χ2v) is 9.15. The first-order chi connectivity index (χ1) is 10.4. The van der Waals surface area contributed by atoms with Crippen LogP contribution in [0.3, 0.4) is 0 Å². The number of hydrogen-bond acceptors (Lipinski definition) is 4. The summed E-state index contributed by atoms with van der Waals surface area (Å²) in [4.78, 5) is 11.8. The Hall–Kier alpha value is -0.920. The fourth-order valence-electron chi connectivity index (χ4n) is 2.82. The van der Waals surface area contributed by atoms with Gasteiger partial charge in [0.15, 0.2) is 0 Å². The third-order valence-corrected chi connectivity index (χ3v) is 7.06. The lowest BCUT2D eigenvalue weighted by Crippen LogP contribution is -2.37. The van der Waals surface area contributed by atoms with Crippen LogP contribution in [0.1, 0.15) is 44.4 Å². The lowest BCUT2D eigenvalue weighted by atomic mass is 9.88. The Kier molecular flexibility index (Phi) is 6.00. The first kappa shape index (κ1) is 17.4. The van der Waals surface area contributed by atoms with Crippen molar-refractivity contribution in [3.8, 4) is 0 Å². The third kappa shape index (κ3) is 5.07. The Labute approximate surface area is 136 Å². The van der Waals surface area contributed by atoms with E-state index < -0.39 is 10.0 Å². The summed E-state index contributed by atoms with van der Waals surface area (Å²) in [5, 5.41) is 2.72. The molecule has 2 atom stereocenters. The number of rotatable bonds is 6. The highest BCUT2D eigenvalue weighted by molar-refractivity contribution is 7.91. The van der Waals surface area contributed by atoms with E-state index in [9.17, 15) is 13.2 Å². The van der Waals surface area contributed by atoms with E-state index in [1.165, 1.54) is 24.7 Å². The number of hydrogen-bond donors (Lipinski definition) is 2. The lowest BCUT2D eigenvalue weighted by molar-refractivity contribution is -0.118. The smallest absolute Gasteiger partial charge is 0.250 e. The molecule has 1 aliphatic rings. The maximum atomic E-state index is 12.4. The molecule has 2 rings (SSSR count). The topological polar surface area (TPSA) is 75.3 Å². The van der Waals surface area contributed by atoms with E-state index in [1.807, 2.05) is 6.07 Å². The van der Waals surface area contributed by atoms with Gasteiger partial charge in [-0.05, 0) is 37.3 Å². The van der Waals surface area contributed by atoms with Crippen LogP contribution in [0, 0.1) is 5.92 Å². The molecule has 0 spiro atoms. The molecular formula is C15H24N2O3S2. The number of amides is 1. The summed E-state index contributed by atoms with van der Waals surface area (Å²) in [6.45, 7) is 4.17. The van der Waals surface area contributed by atoms with Gasteiger partial charge in [0.2, 0.25) is 15.9 Å². The Morgan fingerprint density at radius 3 is 2.82 bits per heavy atom. The van der Waals surface area contributed by atoms with Crippen molar-refractivity contribution < 1.29 is 13.2 Å². The summed E-state index contributed by atoms with van der Waals surface area (Å²) in [5.74, 6) is 0.510. The number of nitrogens with one attached hydrogen (secondary N) is 2. The van der Waals surface area contributed by atoms with Crippen molar-refractivity contribution in [2.75, 3.05) is 6.54 Å². The van der Waals surface area contributed by atoms with Crippen LogP contribution in [0.15, 0.2) is 16.3 Å². The number of thiophene rings is 1. The van der Waals surface area contributed by atoms with Gasteiger partial charge in [0.1, 0.15) is 4.21 Å². The molecule has 22 heavy (non-hydrogen) atoms. The Bertz CT molecular complexity index is 610. The Balaban J connectivity index is 1.94. The molecular weight excluding hydrogens is 320 g/mol. The average Bonchev–Trinajstić information content (AvgIpc) is 2.87. The molecule has 0 saturated heterocycles. The van der Waals surface area contributed by atoms with Gasteiger partial charge in [-0.3, -0.25) is 4.79 Å². The molecule has 1 saturated carbocycles. The molecule has 1 aromatic rings. The van der Waals surface area contributed by atoms with Crippen molar-refractivity contribution in [3.63, 3.8) is 0 Å². The van der Waals surface area contributed by atoms with E-state index in [1.54, 1.807) is 6.07 Å². The van der Waals surface area contributed by atoms with Crippen molar-refractivity contribution in [1.29, 1.82) is 0 Å². The highest BCUT2D eigenvalue weighted by Gasteiger charge is 2.25. The van der Waals surface area contributed by atoms with Crippen molar-refractivity contribution in [1.82, 2.24) is 10.0 Å². The summed E-state index contributed by atoms with van der Waals surface area (Å²) < 4.78 is 28.1. The molecule has 1 fully saturated rings. The van der Waals surface area contributed by atoms with Gasteiger partial charge in [-0.25, -0.2) is 13.1 Å². The summed E-state index contributed by atoms with van der Waals surface area (Å²) in [5.41, 5.74) is 0. The Morgan fingerprint density at radius 1 is 1.36 bits per heavy atom. The minimum atomic E-state index is -3.42. The minimum absolute atomic E-state index is 0.0543. The van der Waals surface area contributed by atoms with Crippen LogP contribution < -0.4 is 10.0 Å². The van der Waals surface area contributed by atoms with E-state index in [-0.39, 0.29) is 11.9 Å². The highest BCUT2D eigenvalue weighted by atomic mass is 32.2. The molecule has 1 heterocycles. The maximum absolute atomic E-state index is 12.4. The van der Waals surface area contributed by atoms with Crippen molar-refractivity contribution in [2.24, 2.45) is 5.92 Å². The molecule has 0 bridgehead atoms. The van der Waals surface area contributed by atoms with Crippen molar-refractivity contribution in [3.05, 3.63) is 17.0 Å². The van der Waals surface area contributed by atoms with Gasteiger partial charge in [0, 0.05) is 24.4 Å². The third-order valence-electron chi connectivity index (χ3n) is 3.91. The summed E-state index contributed by atoms with van der Waals surface area (Å²) in [7, 11) is -3.42. The van der Waals surface area contributed by atoms with Crippen LogP contribution in [0.4, 0.5) is 0 Å². The van der Waals surface area contributed by atoms with Crippen molar-refractivity contribution >= 4 is 27.3 Å². The standard InChI is InChI=1S/C15H24N2O3S2/c1-11-4-3-5-13(10-11)17-22(19,20)15-7-6-14(21-15)8-9-16-12(2)18/h6-7,11,13,17H,3-5,8-10H2,1-2H3,(H,16,18)/t11-,13+/m0/s1. The van der Waals surface area contributed by atoms with Crippen LogP contribution in [-0.2, 0) is 21.2 Å². The first-order valence-electron chi connectivity index (χ1n) is 7.72. The lowest BCUT2D eigenvalue weighted by Gasteiger charge is -2.26. The molecule has 0 unspecified atom stereocenters. The van der Waals surface area contributed by atoms with E-state index in [0.29, 0.717) is 23.1 Å². The van der Waals surface area contributed by atoms with Gasteiger partial charge in [-0.1, -0.05) is 19.8 Å². The molecule has 2 N–H and O–H groups in total. The van der Waals surface area contributed by atoms with Crippen LogP contribution in [-0.4, -0.2) is 26.9 Å². The van der Waals surface area contributed by atoms with Gasteiger partial charge in [0.05, 0.1) is 0 Å². The van der Waals surface area contributed by atoms with Gasteiger partial charge in [-0.2, -0.15) is 0 Å². The molecule has 0 aromatic carbocycles. The van der Waals surface area contributed by atoms with Gasteiger partial charge >= 0.3 is 0 Å². The van der Waals surface area contributed by atoms with Gasteiger partial charge < -0.3 is 5.32 Å². The predicted molar refractivity (Wildman–Crippen MR) is 88.4 cm³/mol. The van der Waals surface area contributed by atoms with E-state index >= 15 is 0 Å². The summed E-state index contributed by atoms with van der Waals surface area (Å²) in [6, 6.07) is 3.53. The van der Waals surface area contributed by atoms with Crippen LogP contribution >= 0.6 is 11.3 Å². The molecule has 0 radical (unpaired) electrons. The molecule has 1 aliphatic carbocycles. The van der Waals surface area contributed by atoms with Crippen LogP contribution in [0.25, 0.3) is 0 Å². The predicted octanol–water partition coefficient (Wildman–Crippen LogP) is 2.28. The monoisotopic (exact) mass is 344 g/mol. The minimum Gasteiger partial charge on any atom is -0.356 e. The van der Waals surface area contributed by atoms with Crippen LogP contribution in [0.2, 0.25) is 0 Å². The maximum Gasteiger partial charge on any atom is 0.250 e. The number of sulfonamides is 1. The highest BCUT2D eigenvalue weighted by Crippen LogP contribution is 2.27. The number of carbonyl (C=O) groups is 1. The molecule has 124 valence electrons. The SMILES string of the molecule is CC(=O)NCCc1ccc(S(=O)(=O)N[C@@H]2CCC[C@H](C)C2)s1. The quantitative estimate of drug-likeness (QED) is 0.831. The van der Waals surface area contributed by atoms with E-state index in [0.717, 1.165) is 24.1 Å². The molecule has 1 aromatic heterocycles. The fraction of sp³-hybridized carbons (Fsp3) is 0.667. The van der Waals surface area contributed by atoms with Crippen LogP contribution in [0.5, 0.6) is 0 Å².